The van der Waals surface area contributed by atoms with Crippen molar-refractivity contribution in [1.29, 1.82) is 0 Å². The van der Waals surface area contributed by atoms with Crippen LogP contribution in [0, 0.1) is 12.8 Å². The van der Waals surface area contributed by atoms with Gasteiger partial charge in [0.2, 0.25) is 5.91 Å². The summed E-state index contributed by atoms with van der Waals surface area (Å²) in [7, 11) is 0. The van der Waals surface area contributed by atoms with Crippen LogP contribution in [0.1, 0.15) is 42.6 Å². The van der Waals surface area contributed by atoms with Gasteiger partial charge in [-0.1, -0.05) is 29.8 Å². The first kappa shape index (κ1) is 16.9. The molecule has 0 bridgehead atoms. The lowest BCUT2D eigenvalue weighted by Crippen LogP contribution is -2.40. The van der Waals surface area contributed by atoms with Crippen molar-refractivity contribution < 1.29 is 19.5 Å². The summed E-state index contributed by atoms with van der Waals surface area (Å²) in [6.07, 6.45) is 0.173. The Labute approximate surface area is 124 Å². The minimum absolute atomic E-state index is 0.0589. The summed E-state index contributed by atoms with van der Waals surface area (Å²) in [4.78, 5) is 34.4. The van der Waals surface area contributed by atoms with Gasteiger partial charge in [-0.3, -0.25) is 14.4 Å². The smallest absolute Gasteiger partial charge is 0.308 e. The second-order valence-electron chi connectivity index (χ2n) is 5.27. The maximum atomic E-state index is 11.9. The number of amides is 1. The summed E-state index contributed by atoms with van der Waals surface area (Å²) >= 11 is 0. The van der Waals surface area contributed by atoms with Crippen molar-refractivity contribution in [3.8, 4) is 0 Å². The fraction of sp³-hybridized carbons (Fsp3) is 0.438. The first-order chi connectivity index (χ1) is 9.81. The molecule has 21 heavy (non-hydrogen) atoms. The number of carboxylic acid groups (broad SMARTS) is 1. The van der Waals surface area contributed by atoms with Gasteiger partial charge in [0.25, 0.3) is 0 Å². The number of aliphatic carboxylic acids is 1. The van der Waals surface area contributed by atoms with E-state index in [1.807, 2.05) is 19.1 Å². The third-order valence-corrected chi connectivity index (χ3v) is 3.48. The Morgan fingerprint density at radius 1 is 1.10 bits per heavy atom. The van der Waals surface area contributed by atoms with E-state index >= 15 is 0 Å². The number of carbonyl (C=O) groups excluding carboxylic acids is 2. The largest absolute Gasteiger partial charge is 0.481 e. The van der Waals surface area contributed by atoms with E-state index in [2.05, 4.69) is 5.32 Å². The van der Waals surface area contributed by atoms with E-state index in [1.54, 1.807) is 19.1 Å². The molecule has 5 heteroatoms. The molecule has 5 nitrogen and oxygen atoms in total. The molecular formula is C16H21NO4. The number of ketones is 1. The molecule has 2 N–H and O–H groups in total. The highest BCUT2D eigenvalue weighted by molar-refractivity contribution is 5.98. The molecule has 1 amide bonds. The average molecular weight is 291 g/mol. The number of aryl methyl sites for hydroxylation is 1. The summed E-state index contributed by atoms with van der Waals surface area (Å²) < 4.78 is 0. The molecule has 2 unspecified atom stereocenters. The molecule has 1 rings (SSSR count). The van der Waals surface area contributed by atoms with Crippen LogP contribution in [0.2, 0.25) is 0 Å². The lowest BCUT2D eigenvalue weighted by atomic mass is 10.0. The molecule has 1 aromatic rings. The van der Waals surface area contributed by atoms with Gasteiger partial charge >= 0.3 is 5.97 Å². The molecule has 0 aliphatic carbocycles. The second-order valence-corrected chi connectivity index (χ2v) is 5.27. The quantitative estimate of drug-likeness (QED) is 0.754. The highest BCUT2D eigenvalue weighted by atomic mass is 16.4. The fourth-order valence-corrected chi connectivity index (χ4v) is 1.78. The van der Waals surface area contributed by atoms with Crippen LogP contribution < -0.4 is 5.32 Å². The van der Waals surface area contributed by atoms with Gasteiger partial charge in [-0.05, 0) is 20.8 Å². The zero-order valence-electron chi connectivity index (χ0n) is 12.6. The Hall–Kier alpha value is -2.17. The van der Waals surface area contributed by atoms with Gasteiger partial charge in [0.1, 0.15) is 0 Å². The molecule has 0 aromatic heterocycles. The van der Waals surface area contributed by atoms with Gasteiger partial charge < -0.3 is 10.4 Å². The molecule has 0 aliphatic rings. The predicted octanol–water partition coefficient (Wildman–Crippen LogP) is 2.18. The molecule has 0 spiro atoms. The number of hydrogen-bond donors (Lipinski definition) is 2. The van der Waals surface area contributed by atoms with E-state index in [0.717, 1.165) is 5.56 Å². The van der Waals surface area contributed by atoms with Crippen LogP contribution in [0.4, 0.5) is 0 Å². The Morgan fingerprint density at radius 3 is 2.19 bits per heavy atom. The van der Waals surface area contributed by atoms with Crippen LogP contribution in [-0.4, -0.2) is 28.8 Å². The molecule has 0 radical (unpaired) electrons. The van der Waals surface area contributed by atoms with Crippen molar-refractivity contribution in [3.63, 3.8) is 0 Å². The maximum absolute atomic E-state index is 11.9. The minimum atomic E-state index is -0.960. The maximum Gasteiger partial charge on any atom is 0.308 e. The van der Waals surface area contributed by atoms with Crippen molar-refractivity contribution in [1.82, 2.24) is 5.32 Å². The average Bonchev–Trinajstić information content (AvgIpc) is 2.44. The highest BCUT2D eigenvalue weighted by Gasteiger charge is 2.21. The standard InChI is InChI=1S/C16H21NO4/c1-10-4-6-13(7-5-10)14(18)8-9-15(19)17-12(3)11(2)16(20)21/h4-7,11-12H,8-9H2,1-3H3,(H,17,19)(H,20,21). The van der Waals surface area contributed by atoms with Gasteiger partial charge in [0.05, 0.1) is 5.92 Å². The summed E-state index contributed by atoms with van der Waals surface area (Å²) in [5, 5.41) is 11.5. The van der Waals surface area contributed by atoms with Crippen LogP contribution >= 0.6 is 0 Å². The van der Waals surface area contributed by atoms with Crippen LogP contribution in [0.25, 0.3) is 0 Å². The number of carbonyl (C=O) groups is 3. The van der Waals surface area contributed by atoms with Gasteiger partial charge in [0, 0.05) is 24.4 Å². The molecule has 1 aromatic carbocycles. The Bertz CT molecular complexity index is 522. The zero-order valence-corrected chi connectivity index (χ0v) is 12.6. The Morgan fingerprint density at radius 2 is 1.67 bits per heavy atom. The summed E-state index contributed by atoms with van der Waals surface area (Å²) in [5.41, 5.74) is 1.65. The molecule has 0 aliphatic heterocycles. The van der Waals surface area contributed by atoms with Crippen LogP contribution in [0.3, 0.4) is 0 Å². The van der Waals surface area contributed by atoms with E-state index < -0.39 is 17.9 Å². The fourth-order valence-electron chi connectivity index (χ4n) is 1.78. The number of Topliss-reactive ketones (excluding diaryl/α,β-unsaturated/α-hetero) is 1. The van der Waals surface area contributed by atoms with Crippen molar-refractivity contribution >= 4 is 17.7 Å². The predicted molar refractivity (Wildman–Crippen MR) is 79.1 cm³/mol. The lowest BCUT2D eigenvalue weighted by molar-refractivity contribution is -0.142. The summed E-state index contributed by atoms with van der Waals surface area (Å²) in [6.45, 7) is 5.11. The monoisotopic (exact) mass is 291 g/mol. The zero-order chi connectivity index (χ0) is 16.0. The molecule has 0 saturated heterocycles. The topological polar surface area (TPSA) is 83.5 Å². The van der Waals surface area contributed by atoms with Crippen LogP contribution in [0.5, 0.6) is 0 Å². The van der Waals surface area contributed by atoms with Crippen LogP contribution in [0.15, 0.2) is 24.3 Å². The molecule has 2 atom stereocenters. The number of carboxylic acids is 1. The molecule has 0 fully saturated rings. The number of nitrogens with one attached hydrogen (secondary N) is 1. The van der Waals surface area contributed by atoms with Crippen molar-refractivity contribution in [2.45, 2.75) is 39.7 Å². The lowest BCUT2D eigenvalue weighted by Gasteiger charge is -2.17. The number of rotatable bonds is 7. The van der Waals surface area contributed by atoms with Crippen molar-refractivity contribution in [2.75, 3.05) is 0 Å². The van der Waals surface area contributed by atoms with Crippen molar-refractivity contribution in [2.24, 2.45) is 5.92 Å². The molecule has 0 saturated carbocycles. The van der Waals surface area contributed by atoms with Crippen molar-refractivity contribution in [3.05, 3.63) is 35.4 Å². The van der Waals surface area contributed by atoms with Gasteiger partial charge in [-0.25, -0.2) is 0 Å². The van der Waals surface area contributed by atoms with Gasteiger partial charge in [0.15, 0.2) is 5.78 Å². The van der Waals surface area contributed by atoms with Gasteiger partial charge in [-0.2, -0.15) is 0 Å². The van der Waals surface area contributed by atoms with E-state index in [9.17, 15) is 14.4 Å². The van der Waals surface area contributed by atoms with Gasteiger partial charge in [-0.15, -0.1) is 0 Å². The Kier molecular flexibility index (Phi) is 6.09. The SMILES string of the molecule is Cc1ccc(C(=O)CCC(=O)NC(C)C(C)C(=O)O)cc1. The number of benzene rings is 1. The first-order valence-corrected chi connectivity index (χ1v) is 6.93. The van der Waals surface area contributed by atoms with E-state index in [4.69, 9.17) is 5.11 Å². The summed E-state index contributed by atoms with van der Waals surface area (Å²) in [5.74, 6) is -2.03. The normalized spacial score (nSPS) is 13.3. The third-order valence-electron chi connectivity index (χ3n) is 3.48. The van der Waals surface area contributed by atoms with E-state index in [-0.39, 0.29) is 24.5 Å². The van der Waals surface area contributed by atoms with Crippen LogP contribution in [-0.2, 0) is 9.59 Å². The molecular weight excluding hydrogens is 270 g/mol. The van der Waals surface area contributed by atoms with E-state index in [0.29, 0.717) is 5.56 Å². The summed E-state index contributed by atoms with van der Waals surface area (Å²) in [6, 6.07) is 6.72. The molecule has 0 heterocycles. The first-order valence-electron chi connectivity index (χ1n) is 6.93. The minimum Gasteiger partial charge on any atom is -0.481 e. The van der Waals surface area contributed by atoms with E-state index in [1.165, 1.54) is 6.92 Å². The second kappa shape index (κ2) is 7.57. The highest BCUT2D eigenvalue weighted by Crippen LogP contribution is 2.08. The molecule has 114 valence electrons. The third kappa shape index (κ3) is 5.38. The Balaban J connectivity index is 2.44. The number of hydrogen-bond acceptors (Lipinski definition) is 3.